The van der Waals surface area contributed by atoms with Crippen LogP contribution in [-0.4, -0.2) is 15.0 Å². The van der Waals surface area contributed by atoms with E-state index >= 15 is 0 Å². The first-order chi connectivity index (χ1) is 31.9. The van der Waals surface area contributed by atoms with Crippen molar-refractivity contribution in [3.63, 3.8) is 0 Å². The number of para-hydroxylation sites is 1. The Morgan fingerprint density at radius 1 is 0.323 bits per heavy atom. The molecule has 0 unspecified atom stereocenters. The number of benzene rings is 9. The Hall–Kier alpha value is -8.41. The highest BCUT2D eigenvalue weighted by molar-refractivity contribution is 6.13. The number of hydrogen-bond donors (Lipinski definition) is 0. The van der Waals surface area contributed by atoms with Crippen LogP contribution in [0.4, 0.5) is 0 Å². The number of rotatable bonds is 6. The van der Waals surface area contributed by atoms with Gasteiger partial charge in [0.1, 0.15) is 22.3 Å². The molecule has 0 aliphatic heterocycles. The van der Waals surface area contributed by atoms with Gasteiger partial charge in [0.25, 0.3) is 0 Å². The van der Waals surface area contributed by atoms with Crippen molar-refractivity contribution in [2.45, 2.75) is 19.3 Å². The van der Waals surface area contributed by atoms with E-state index in [1.165, 1.54) is 33.4 Å². The molecule has 5 heteroatoms. The topological polar surface area (TPSA) is 65.0 Å². The number of nitrogens with zero attached hydrogens (tertiary/aromatic N) is 3. The van der Waals surface area contributed by atoms with E-state index in [-0.39, 0.29) is 5.41 Å². The Balaban J connectivity index is 0.941. The molecule has 65 heavy (non-hydrogen) atoms. The van der Waals surface area contributed by atoms with Gasteiger partial charge in [-0.15, -0.1) is 0 Å². The number of fused-ring (bicyclic) bond motifs is 9. The molecule has 0 saturated heterocycles. The molecule has 5 nitrogen and oxygen atoms in total. The van der Waals surface area contributed by atoms with Crippen LogP contribution >= 0.6 is 0 Å². The van der Waals surface area contributed by atoms with Crippen LogP contribution in [0.1, 0.15) is 25.0 Å². The fourth-order valence-corrected chi connectivity index (χ4v) is 10.2. The van der Waals surface area contributed by atoms with Crippen molar-refractivity contribution in [2.24, 2.45) is 0 Å². The molecule has 0 bridgehead atoms. The van der Waals surface area contributed by atoms with Crippen LogP contribution in [-0.2, 0) is 5.41 Å². The second kappa shape index (κ2) is 14.3. The summed E-state index contributed by atoms with van der Waals surface area (Å²) in [5.41, 5.74) is 18.1. The molecule has 0 atom stereocenters. The molecule has 0 radical (unpaired) electrons. The molecular formula is C60H39N3O2. The maximum atomic E-state index is 6.56. The summed E-state index contributed by atoms with van der Waals surface area (Å²) in [7, 11) is 0. The molecule has 9 aromatic carbocycles. The Kier molecular flexibility index (Phi) is 8.18. The number of aromatic nitrogens is 3. The third-order valence-corrected chi connectivity index (χ3v) is 13.3. The van der Waals surface area contributed by atoms with E-state index < -0.39 is 0 Å². The van der Waals surface area contributed by atoms with Crippen LogP contribution in [0.25, 0.3) is 123 Å². The summed E-state index contributed by atoms with van der Waals surface area (Å²) in [6, 6.07) is 70.2. The summed E-state index contributed by atoms with van der Waals surface area (Å²) >= 11 is 0. The molecule has 1 aliphatic rings. The van der Waals surface area contributed by atoms with Crippen molar-refractivity contribution < 1.29 is 8.83 Å². The van der Waals surface area contributed by atoms with Gasteiger partial charge in [-0.05, 0) is 104 Å². The maximum Gasteiger partial charge on any atom is 0.164 e. The fraction of sp³-hybridized carbons (Fsp3) is 0.0500. The molecule has 12 aromatic rings. The lowest BCUT2D eigenvalue weighted by Gasteiger charge is -2.24. The van der Waals surface area contributed by atoms with Gasteiger partial charge in [-0.25, -0.2) is 15.0 Å². The monoisotopic (exact) mass is 833 g/mol. The van der Waals surface area contributed by atoms with Crippen LogP contribution in [0.5, 0.6) is 0 Å². The summed E-state index contributed by atoms with van der Waals surface area (Å²) in [5.74, 6) is 1.72. The lowest BCUT2D eigenvalue weighted by Crippen LogP contribution is -2.16. The highest BCUT2D eigenvalue weighted by Crippen LogP contribution is 2.52. The van der Waals surface area contributed by atoms with Gasteiger partial charge in [-0.1, -0.05) is 166 Å². The van der Waals surface area contributed by atoms with Crippen LogP contribution in [0.2, 0.25) is 0 Å². The van der Waals surface area contributed by atoms with Gasteiger partial charge in [0.15, 0.2) is 17.5 Å². The van der Waals surface area contributed by atoms with E-state index in [2.05, 4.69) is 166 Å². The second-order valence-electron chi connectivity index (χ2n) is 17.5. The first-order valence-corrected chi connectivity index (χ1v) is 22.1. The quantitative estimate of drug-likeness (QED) is 0.167. The Morgan fingerprint density at radius 3 is 1.69 bits per heavy atom. The van der Waals surface area contributed by atoms with Crippen molar-refractivity contribution in [1.29, 1.82) is 0 Å². The van der Waals surface area contributed by atoms with Crippen molar-refractivity contribution in [1.82, 2.24) is 15.0 Å². The van der Waals surface area contributed by atoms with Gasteiger partial charge in [0.05, 0.1) is 0 Å². The summed E-state index contributed by atoms with van der Waals surface area (Å²) < 4.78 is 12.8. The van der Waals surface area contributed by atoms with Crippen LogP contribution in [0, 0.1) is 0 Å². The van der Waals surface area contributed by atoms with Crippen LogP contribution in [0.3, 0.4) is 0 Å². The van der Waals surface area contributed by atoms with E-state index in [0.717, 1.165) is 82.8 Å². The van der Waals surface area contributed by atoms with Crippen LogP contribution in [0.15, 0.2) is 209 Å². The summed E-state index contributed by atoms with van der Waals surface area (Å²) in [5, 5.41) is 4.02. The smallest absolute Gasteiger partial charge is 0.164 e. The maximum absolute atomic E-state index is 6.56. The van der Waals surface area contributed by atoms with E-state index in [1.54, 1.807) is 0 Å². The first-order valence-electron chi connectivity index (χ1n) is 22.1. The highest BCUT2D eigenvalue weighted by atomic mass is 16.3. The van der Waals surface area contributed by atoms with Gasteiger partial charge in [0, 0.05) is 43.7 Å². The lowest BCUT2D eigenvalue weighted by atomic mass is 9.79. The van der Waals surface area contributed by atoms with Gasteiger partial charge in [0.2, 0.25) is 0 Å². The predicted molar refractivity (Wildman–Crippen MR) is 265 cm³/mol. The van der Waals surface area contributed by atoms with Crippen molar-refractivity contribution in [3.05, 3.63) is 211 Å². The van der Waals surface area contributed by atoms with Crippen LogP contribution < -0.4 is 0 Å². The largest absolute Gasteiger partial charge is 0.456 e. The molecule has 0 amide bonds. The molecule has 0 N–H and O–H groups in total. The zero-order chi connectivity index (χ0) is 43.2. The van der Waals surface area contributed by atoms with Gasteiger partial charge in [-0.3, -0.25) is 0 Å². The Morgan fingerprint density at radius 2 is 0.831 bits per heavy atom. The Labute approximate surface area is 375 Å². The predicted octanol–water partition coefficient (Wildman–Crippen LogP) is 16.0. The SMILES string of the molecule is CC1(C)c2ccccc2-c2cccc(-c3ccc(-c4ccc5oc6cccc(-c7nc(-c8cccc(-c9ccccc9)c8)nc(-c8ccc9oc%10ccccc%10c9c8)n7)c6c5c4)cc3)c21. The molecule has 0 saturated carbocycles. The standard InChI is InChI=1S/C60H39N3O2/c1-60(2)50-22-8-6-17-44(50)46-20-11-19-43(56(46)60)38-27-25-37(26-28-38)40-29-31-53-49(34-40)55-47(21-12-24-54(55)65-53)59-62-57(41-16-10-15-39(33-41)36-13-4-3-5-14-36)61-58(63-59)42-30-32-52-48(35-42)45-18-7-9-23-51(45)64-52/h3-35H,1-2H3. The van der Waals surface area contributed by atoms with Gasteiger partial charge < -0.3 is 8.83 Å². The minimum absolute atomic E-state index is 0.0964. The van der Waals surface area contributed by atoms with Crippen molar-refractivity contribution >= 4 is 43.9 Å². The summed E-state index contributed by atoms with van der Waals surface area (Å²) in [6.07, 6.45) is 0. The van der Waals surface area contributed by atoms with E-state index in [4.69, 9.17) is 23.8 Å². The summed E-state index contributed by atoms with van der Waals surface area (Å²) in [4.78, 5) is 15.7. The molecule has 3 heterocycles. The normalized spacial score (nSPS) is 12.9. The Bertz CT molecular complexity index is 3860. The highest BCUT2D eigenvalue weighted by Gasteiger charge is 2.37. The van der Waals surface area contributed by atoms with E-state index in [1.807, 2.05) is 48.5 Å². The van der Waals surface area contributed by atoms with E-state index in [0.29, 0.717) is 17.5 Å². The van der Waals surface area contributed by atoms with Crippen molar-refractivity contribution in [3.8, 4) is 78.7 Å². The zero-order valence-corrected chi connectivity index (χ0v) is 35.7. The average Bonchev–Trinajstić information content (AvgIpc) is 4.01. The van der Waals surface area contributed by atoms with Gasteiger partial charge >= 0.3 is 0 Å². The van der Waals surface area contributed by atoms with Crippen molar-refractivity contribution in [2.75, 3.05) is 0 Å². The molecule has 3 aromatic heterocycles. The minimum atomic E-state index is -0.0964. The molecule has 1 aliphatic carbocycles. The number of hydrogen-bond acceptors (Lipinski definition) is 5. The third kappa shape index (κ3) is 5.97. The number of furan rings is 2. The summed E-state index contributed by atoms with van der Waals surface area (Å²) in [6.45, 7) is 4.69. The molecule has 306 valence electrons. The molecule has 0 spiro atoms. The average molecular weight is 834 g/mol. The fourth-order valence-electron chi connectivity index (χ4n) is 10.2. The lowest BCUT2D eigenvalue weighted by molar-refractivity contribution is 0.662. The molecule has 13 rings (SSSR count). The molecule has 0 fully saturated rings. The molecular weight excluding hydrogens is 795 g/mol. The van der Waals surface area contributed by atoms with E-state index in [9.17, 15) is 0 Å². The zero-order valence-electron chi connectivity index (χ0n) is 35.7. The first kappa shape index (κ1) is 37.2. The third-order valence-electron chi connectivity index (χ3n) is 13.3. The van der Waals surface area contributed by atoms with Gasteiger partial charge in [-0.2, -0.15) is 0 Å². The minimum Gasteiger partial charge on any atom is -0.456 e. The second-order valence-corrected chi connectivity index (χ2v) is 17.5.